The number of allylic oxidation sites excluding steroid dienone is 2. The predicted molar refractivity (Wildman–Crippen MR) is 75.1 cm³/mol. The van der Waals surface area contributed by atoms with E-state index in [1.54, 1.807) is 0 Å². The Morgan fingerprint density at radius 1 is 1.00 bits per heavy atom. The fourth-order valence-electron chi connectivity index (χ4n) is 4.30. The van der Waals surface area contributed by atoms with Crippen molar-refractivity contribution in [2.75, 3.05) is 6.54 Å². The van der Waals surface area contributed by atoms with E-state index < -0.39 is 11.9 Å². The standard InChI is InChI=1S/C16H23NO3/c18-15(12-7-1-2-8-13(12)16(19)20)17-10-4-6-11-5-3-9-14(11)17/h1-2,11-14H,3-10H2,(H,19,20). The Bertz CT molecular complexity index is 431. The average molecular weight is 277 g/mol. The van der Waals surface area contributed by atoms with Gasteiger partial charge in [-0.15, -0.1) is 0 Å². The molecular formula is C16H23NO3. The zero-order valence-corrected chi connectivity index (χ0v) is 11.8. The summed E-state index contributed by atoms with van der Waals surface area (Å²) in [6.45, 7) is 0.826. The second-order valence-electron chi connectivity index (χ2n) is 6.43. The van der Waals surface area contributed by atoms with Crippen LogP contribution < -0.4 is 0 Å². The minimum atomic E-state index is -0.826. The van der Waals surface area contributed by atoms with Gasteiger partial charge in [0.1, 0.15) is 0 Å². The van der Waals surface area contributed by atoms with Gasteiger partial charge in [-0.1, -0.05) is 18.6 Å². The maximum absolute atomic E-state index is 12.8. The van der Waals surface area contributed by atoms with Gasteiger partial charge in [0.2, 0.25) is 5.91 Å². The van der Waals surface area contributed by atoms with Gasteiger partial charge in [-0.2, -0.15) is 0 Å². The highest BCUT2D eigenvalue weighted by Gasteiger charge is 2.42. The minimum Gasteiger partial charge on any atom is -0.481 e. The molecule has 4 unspecified atom stereocenters. The smallest absolute Gasteiger partial charge is 0.307 e. The summed E-state index contributed by atoms with van der Waals surface area (Å²) in [5, 5.41) is 9.34. The summed E-state index contributed by atoms with van der Waals surface area (Å²) in [7, 11) is 0. The van der Waals surface area contributed by atoms with Crippen molar-refractivity contribution in [3.8, 4) is 0 Å². The molecule has 2 fully saturated rings. The molecule has 2 aliphatic carbocycles. The maximum Gasteiger partial charge on any atom is 0.307 e. The Morgan fingerprint density at radius 3 is 2.45 bits per heavy atom. The van der Waals surface area contributed by atoms with Crippen molar-refractivity contribution in [3.63, 3.8) is 0 Å². The minimum absolute atomic E-state index is 0.0957. The first kappa shape index (κ1) is 13.7. The van der Waals surface area contributed by atoms with Crippen molar-refractivity contribution < 1.29 is 14.7 Å². The van der Waals surface area contributed by atoms with E-state index in [1.807, 2.05) is 17.1 Å². The van der Waals surface area contributed by atoms with Crippen LogP contribution in [0.2, 0.25) is 0 Å². The molecule has 0 aromatic carbocycles. The maximum atomic E-state index is 12.8. The number of hydrogen-bond acceptors (Lipinski definition) is 2. The van der Waals surface area contributed by atoms with Gasteiger partial charge in [0, 0.05) is 12.6 Å². The van der Waals surface area contributed by atoms with Gasteiger partial charge in [-0.05, 0) is 44.4 Å². The lowest BCUT2D eigenvalue weighted by Crippen LogP contribution is -2.50. The number of hydrogen-bond donors (Lipinski definition) is 1. The van der Waals surface area contributed by atoms with Crippen molar-refractivity contribution >= 4 is 11.9 Å². The second kappa shape index (κ2) is 5.58. The summed E-state index contributed by atoms with van der Waals surface area (Å²) in [5.74, 6) is -0.952. The molecule has 1 saturated heterocycles. The van der Waals surface area contributed by atoms with Crippen molar-refractivity contribution in [1.82, 2.24) is 4.90 Å². The summed E-state index contributed by atoms with van der Waals surface area (Å²) in [6.07, 6.45) is 10.8. The molecule has 1 aliphatic heterocycles. The summed E-state index contributed by atoms with van der Waals surface area (Å²) in [5.41, 5.74) is 0. The molecule has 3 aliphatic rings. The normalized spacial score (nSPS) is 36.7. The van der Waals surface area contributed by atoms with E-state index in [9.17, 15) is 14.7 Å². The number of carboxylic acids is 1. The van der Waals surface area contributed by atoms with Crippen molar-refractivity contribution in [1.29, 1.82) is 0 Å². The van der Waals surface area contributed by atoms with Gasteiger partial charge < -0.3 is 10.0 Å². The number of amides is 1. The summed E-state index contributed by atoms with van der Waals surface area (Å²) >= 11 is 0. The molecule has 0 bridgehead atoms. The molecule has 0 spiro atoms. The average Bonchev–Trinajstić information content (AvgIpc) is 2.94. The van der Waals surface area contributed by atoms with Crippen LogP contribution in [-0.2, 0) is 9.59 Å². The molecule has 1 saturated carbocycles. The van der Waals surface area contributed by atoms with E-state index in [0.717, 1.165) is 19.4 Å². The van der Waals surface area contributed by atoms with E-state index >= 15 is 0 Å². The van der Waals surface area contributed by atoms with Crippen LogP contribution >= 0.6 is 0 Å². The number of aliphatic carboxylic acids is 1. The van der Waals surface area contributed by atoms with Gasteiger partial charge in [-0.3, -0.25) is 9.59 Å². The largest absolute Gasteiger partial charge is 0.481 e. The van der Waals surface area contributed by atoms with E-state index in [4.69, 9.17) is 0 Å². The molecule has 110 valence electrons. The highest BCUT2D eigenvalue weighted by molar-refractivity contribution is 5.85. The van der Waals surface area contributed by atoms with Gasteiger partial charge >= 0.3 is 5.97 Å². The molecule has 1 N–H and O–H groups in total. The summed E-state index contributed by atoms with van der Waals surface area (Å²) in [4.78, 5) is 26.2. The lowest BCUT2D eigenvalue weighted by atomic mass is 9.80. The monoisotopic (exact) mass is 277 g/mol. The van der Waals surface area contributed by atoms with Crippen LogP contribution in [-0.4, -0.2) is 34.5 Å². The molecular weight excluding hydrogens is 254 g/mol. The van der Waals surface area contributed by atoms with Crippen LogP contribution in [0.25, 0.3) is 0 Å². The number of likely N-dealkylation sites (tertiary alicyclic amines) is 1. The lowest BCUT2D eigenvalue weighted by Gasteiger charge is -2.40. The van der Waals surface area contributed by atoms with E-state index in [1.165, 1.54) is 19.3 Å². The highest BCUT2D eigenvalue weighted by atomic mass is 16.4. The number of fused-ring (bicyclic) bond motifs is 1. The Hall–Kier alpha value is -1.32. The Kier molecular flexibility index (Phi) is 3.81. The van der Waals surface area contributed by atoms with Crippen molar-refractivity contribution in [2.24, 2.45) is 17.8 Å². The quantitative estimate of drug-likeness (QED) is 0.789. The van der Waals surface area contributed by atoms with Gasteiger partial charge in [0.25, 0.3) is 0 Å². The van der Waals surface area contributed by atoms with Gasteiger partial charge in [-0.25, -0.2) is 0 Å². The van der Waals surface area contributed by atoms with E-state index in [0.29, 0.717) is 24.8 Å². The number of piperidine rings is 1. The highest BCUT2D eigenvalue weighted by Crippen LogP contribution is 2.39. The number of rotatable bonds is 2. The van der Waals surface area contributed by atoms with Crippen LogP contribution in [0.15, 0.2) is 12.2 Å². The zero-order chi connectivity index (χ0) is 14.1. The van der Waals surface area contributed by atoms with Gasteiger partial charge in [0.05, 0.1) is 11.8 Å². The van der Waals surface area contributed by atoms with Crippen LogP contribution in [0.3, 0.4) is 0 Å². The first-order valence-electron chi connectivity index (χ1n) is 7.86. The Labute approximate surface area is 119 Å². The molecule has 0 aromatic heterocycles. The first-order chi connectivity index (χ1) is 9.68. The molecule has 3 rings (SSSR count). The van der Waals surface area contributed by atoms with Crippen LogP contribution in [0.4, 0.5) is 0 Å². The van der Waals surface area contributed by atoms with Crippen molar-refractivity contribution in [3.05, 3.63) is 12.2 Å². The van der Waals surface area contributed by atoms with Crippen LogP contribution in [0.5, 0.6) is 0 Å². The molecule has 20 heavy (non-hydrogen) atoms. The lowest BCUT2D eigenvalue weighted by molar-refractivity contribution is -0.152. The topological polar surface area (TPSA) is 57.6 Å². The number of carboxylic acid groups (broad SMARTS) is 1. The fraction of sp³-hybridized carbons (Fsp3) is 0.750. The summed E-state index contributed by atoms with van der Waals surface area (Å²) in [6, 6.07) is 0.386. The van der Waals surface area contributed by atoms with Gasteiger partial charge in [0.15, 0.2) is 0 Å². The molecule has 1 amide bonds. The third-order valence-electron chi connectivity index (χ3n) is 5.34. The molecule has 4 atom stereocenters. The third kappa shape index (κ3) is 2.36. The zero-order valence-electron chi connectivity index (χ0n) is 11.8. The van der Waals surface area contributed by atoms with E-state index in [2.05, 4.69) is 0 Å². The fourth-order valence-corrected chi connectivity index (χ4v) is 4.30. The Morgan fingerprint density at radius 2 is 1.70 bits per heavy atom. The molecule has 0 radical (unpaired) electrons. The SMILES string of the molecule is O=C(O)C1CC=CCC1C(=O)N1CCCC2CCCC21. The molecule has 4 nitrogen and oxygen atoms in total. The number of carbonyl (C=O) groups is 2. The third-order valence-corrected chi connectivity index (χ3v) is 5.34. The second-order valence-corrected chi connectivity index (χ2v) is 6.43. The van der Waals surface area contributed by atoms with Crippen LogP contribution in [0.1, 0.15) is 44.9 Å². The molecule has 1 heterocycles. The Balaban J connectivity index is 1.76. The van der Waals surface area contributed by atoms with Crippen LogP contribution in [0, 0.1) is 17.8 Å². The number of carbonyl (C=O) groups excluding carboxylic acids is 1. The predicted octanol–water partition coefficient (Wildman–Crippen LogP) is 2.44. The molecule has 4 heteroatoms. The van der Waals surface area contributed by atoms with E-state index in [-0.39, 0.29) is 11.8 Å². The first-order valence-corrected chi connectivity index (χ1v) is 7.86. The summed E-state index contributed by atoms with van der Waals surface area (Å²) < 4.78 is 0. The van der Waals surface area contributed by atoms with Crippen molar-refractivity contribution in [2.45, 2.75) is 51.0 Å². The number of nitrogens with zero attached hydrogens (tertiary/aromatic N) is 1. The molecule has 0 aromatic rings.